The lowest BCUT2D eigenvalue weighted by Gasteiger charge is -2.13. The topological polar surface area (TPSA) is 98.5 Å². The Morgan fingerprint density at radius 2 is 1.78 bits per heavy atom. The standard InChI is InChI=1S/C22H22FN5O3S/c1-14-11-15(2)21(16(3)12-14)32(29,30)24-9-10-31-20-8-7-19-25-26-22(28(19)27-20)17-5-4-6-18(23)13-17/h4-8,11-13,24H,9-10H2,1-3H3. The van der Waals surface area contributed by atoms with Crippen LogP contribution in [-0.2, 0) is 10.0 Å². The first kappa shape index (κ1) is 21.8. The van der Waals surface area contributed by atoms with E-state index in [-0.39, 0.29) is 23.9 Å². The number of hydrogen-bond acceptors (Lipinski definition) is 6. The van der Waals surface area contributed by atoms with Crippen molar-refractivity contribution in [1.82, 2.24) is 24.5 Å². The van der Waals surface area contributed by atoms with E-state index in [1.807, 2.05) is 19.1 Å². The largest absolute Gasteiger partial charge is 0.475 e. The number of sulfonamides is 1. The third-order valence-electron chi connectivity index (χ3n) is 4.84. The van der Waals surface area contributed by atoms with E-state index in [4.69, 9.17) is 4.74 Å². The summed E-state index contributed by atoms with van der Waals surface area (Å²) in [7, 11) is -3.68. The van der Waals surface area contributed by atoms with Crippen LogP contribution in [0.3, 0.4) is 0 Å². The third-order valence-corrected chi connectivity index (χ3v) is 6.60. The van der Waals surface area contributed by atoms with Gasteiger partial charge in [-0.1, -0.05) is 29.8 Å². The zero-order chi connectivity index (χ0) is 22.9. The maximum absolute atomic E-state index is 13.6. The normalized spacial score (nSPS) is 11.8. The van der Waals surface area contributed by atoms with Crippen molar-refractivity contribution < 1.29 is 17.5 Å². The molecule has 0 saturated carbocycles. The second kappa shape index (κ2) is 8.64. The second-order valence-corrected chi connectivity index (χ2v) is 9.15. The molecule has 0 amide bonds. The highest BCUT2D eigenvalue weighted by atomic mass is 32.2. The molecule has 166 valence electrons. The van der Waals surface area contributed by atoms with Crippen molar-refractivity contribution in [3.05, 3.63) is 71.0 Å². The lowest BCUT2D eigenvalue weighted by molar-refractivity contribution is 0.306. The highest BCUT2D eigenvalue weighted by Crippen LogP contribution is 2.22. The second-order valence-electron chi connectivity index (χ2n) is 7.45. The molecule has 0 aliphatic rings. The molecule has 0 aliphatic heterocycles. The molecule has 4 aromatic rings. The maximum atomic E-state index is 13.6. The molecule has 0 fully saturated rings. The van der Waals surface area contributed by atoms with Crippen LogP contribution in [0.1, 0.15) is 16.7 Å². The number of benzene rings is 2. The molecular formula is C22H22FN5O3S. The van der Waals surface area contributed by atoms with Crippen LogP contribution in [0.5, 0.6) is 5.88 Å². The Hall–Kier alpha value is -3.37. The van der Waals surface area contributed by atoms with Gasteiger partial charge in [0.2, 0.25) is 15.9 Å². The van der Waals surface area contributed by atoms with Gasteiger partial charge >= 0.3 is 0 Å². The smallest absolute Gasteiger partial charge is 0.241 e. The molecule has 2 aromatic heterocycles. The fraction of sp³-hybridized carbons (Fsp3) is 0.227. The van der Waals surface area contributed by atoms with E-state index >= 15 is 0 Å². The van der Waals surface area contributed by atoms with E-state index in [0.717, 1.165) is 5.56 Å². The maximum Gasteiger partial charge on any atom is 0.241 e. The van der Waals surface area contributed by atoms with Crippen molar-refractivity contribution in [2.45, 2.75) is 25.7 Å². The van der Waals surface area contributed by atoms with Gasteiger partial charge in [0.05, 0.1) is 4.90 Å². The molecular weight excluding hydrogens is 433 g/mol. The molecule has 0 bridgehead atoms. The van der Waals surface area contributed by atoms with Crippen molar-refractivity contribution in [2.24, 2.45) is 0 Å². The van der Waals surface area contributed by atoms with E-state index < -0.39 is 15.8 Å². The Labute approximate surface area is 185 Å². The molecule has 8 nitrogen and oxygen atoms in total. The van der Waals surface area contributed by atoms with Gasteiger partial charge in [0.25, 0.3) is 0 Å². The van der Waals surface area contributed by atoms with E-state index in [9.17, 15) is 12.8 Å². The Morgan fingerprint density at radius 1 is 1.03 bits per heavy atom. The van der Waals surface area contributed by atoms with E-state index in [1.54, 1.807) is 38.1 Å². The summed E-state index contributed by atoms with van der Waals surface area (Å²) in [6, 6.07) is 12.9. The average Bonchev–Trinajstić information content (AvgIpc) is 3.13. The highest BCUT2D eigenvalue weighted by Gasteiger charge is 2.19. The quantitative estimate of drug-likeness (QED) is 0.430. The molecule has 0 unspecified atom stereocenters. The van der Waals surface area contributed by atoms with Crippen molar-refractivity contribution in [3.8, 4) is 17.3 Å². The first-order chi connectivity index (χ1) is 15.2. The summed E-state index contributed by atoms with van der Waals surface area (Å²) >= 11 is 0. The first-order valence-electron chi connectivity index (χ1n) is 9.93. The lowest BCUT2D eigenvalue weighted by Crippen LogP contribution is -2.29. The summed E-state index contributed by atoms with van der Waals surface area (Å²) in [5.41, 5.74) is 3.40. The van der Waals surface area contributed by atoms with Gasteiger partial charge in [-0.3, -0.25) is 0 Å². The van der Waals surface area contributed by atoms with E-state index in [0.29, 0.717) is 28.2 Å². The number of nitrogens with zero attached hydrogens (tertiary/aromatic N) is 4. The molecule has 2 heterocycles. The number of aromatic nitrogens is 4. The van der Waals surface area contributed by atoms with Crippen molar-refractivity contribution >= 4 is 15.7 Å². The Bertz CT molecular complexity index is 1380. The van der Waals surface area contributed by atoms with Gasteiger partial charge in [0.15, 0.2) is 11.5 Å². The fourth-order valence-corrected chi connectivity index (χ4v) is 5.11. The summed E-state index contributed by atoms with van der Waals surface area (Å²) < 4.78 is 48.7. The van der Waals surface area contributed by atoms with Gasteiger partial charge in [0.1, 0.15) is 12.4 Å². The molecule has 4 rings (SSSR count). The van der Waals surface area contributed by atoms with Gasteiger partial charge in [-0.25, -0.2) is 17.5 Å². The van der Waals surface area contributed by atoms with Crippen LogP contribution < -0.4 is 9.46 Å². The van der Waals surface area contributed by atoms with Gasteiger partial charge in [-0.15, -0.1) is 15.3 Å². The minimum Gasteiger partial charge on any atom is -0.475 e. The van der Waals surface area contributed by atoms with Crippen LogP contribution in [0.25, 0.3) is 17.0 Å². The molecule has 32 heavy (non-hydrogen) atoms. The molecule has 0 aliphatic carbocycles. The van der Waals surface area contributed by atoms with Crippen molar-refractivity contribution in [2.75, 3.05) is 13.2 Å². The minimum atomic E-state index is -3.68. The van der Waals surface area contributed by atoms with Crippen LogP contribution in [0.15, 0.2) is 53.4 Å². The number of aryl methyl sites for hydroxylation is 3. The Morgan fingerprint density at radius 3 is 2.50 bits per heavy atom. The van der Waals surface area contributed by atoms with Crippen LogP contribution in [0.4, 0.5) is 4.39 Å². The number of nitrogens with one attached hydrogen (secondary N) is 1. The molecule has 0 spiro atoms. The monoisotopic (exact) mass is 455 g/mol. The molecule has 1 N–H and O–H groups in total. The molecule has 10 heteroatoms. The van der Waals surface area contributed by atoms with E-state index in [1.165, 1.54) is 16.6 Å². The number of ether oxygens (including phenoxy) is 1. The van der Waals surface area contributed by atoms with Crippen molar-refractivity contribution in [1.29, 1.82) is 0 Å². The molecule has 2 aromatic carbocycles. The number of fused-ring (bicyclic) bond motifs is 1. The molecule has 0 saturated heterocycles. The van der Waals surface area contributed by atoms with Gasteiger partial charge in [-0.2, -0.15) is 4.52 Å². The van der Waals surface area contributed by atoms with Gasteiger partial charge in [0, 0.05) is 18.2 Å². The lowest BCUT2D eigenvalue weighted by atomic mass is 10.1. The minimum absolute atomic E-state index is 0.0632. The predicted octanol–water partition coefficient (Wildman–Crippen LogP) is 3.21. The van der Waals surface area contributed by atoms with Gasteiger partial charge < -0.3 is 4.74 Å². The summed E-state index contributed by atoms with van der Waals surface area (Å²) in [5.74, 6) is 0.241. The molecule has 0 radical (unpaired) electrons. The first-order valence-corrected chi connectivity index (χ1v) is 11.4. The zero-order valence-corrected chi connectivity index (χ0v) is 18.6. The van der Waals surface area contributed by atoms with Crippen LogP contribution >= 0.6 is 0 Å². The summed E-state index contributed by atoms with van der Waals surface area (Å²) in [6.45, 7) is 5.61. The fourth-order valence-electron chi connectivity index (χ4n) is 3.65. The van der Waals surface area contributed by atoms with Crippen LogP contribution in [0, 0.1) is 26.6 Å². The molecule has 0 atom stereocenters. The number of rotatable bonds is 7. The number of halogens is 1. The predicted molar refractivity (Wildman–Crippen MR) is 118 cm³/mol. The summed E-state index contributed by atoms with van der Waals surface area (Å²) in [5, 5.41) is 12.4. The average molecular weight is 456 g/mol. The van der Waals surface area contributed by atoms with E-state index in [2.05, 4.69) is 20.0 Å². The third kappa shape index (κ3) is 4.46. The summed E-state index contributed by atoms with van der Waals surface area (Å²) in [6.07, 6.45) is 0. The summed E-state index contributed by atoms with van der Waals surface area (Å²) in [4.78, 5) is 0.284. The Balaban J connectivity index is 1.46. The highest BCUT2D eigenvalue weighted by molar-refractivity contribution is 7.89. The Kier molecular flexibility index (Phi) is 5.90. The van der Waals surface area contributed by atoms with Crippen molar-refractivity contribution in [3.63, 3.8) is 0 Å². The number of hydrogen-bond donors (Lipinski definition) is 1. The SMILES string of the molecule is Cc1cc(C)c(S(=O)(=O)NCCOc2ccc3nnc(-c4cccc(F)c4)n3n2)c(C)c1. The van der Waals surface area contributed by atoms with Crippen LogP contribution in [0.2, 0.25) is 0 Å². The van der Waals surface area contributed by atoms with Gasteiger partial charge in [-0.05, 0) is 50.1 Å². The van der Waals surface area contributed by atoms with Crippen LogP contribution in [-0.4, -0.2) is 41.4 Å². The zero-order valence-electron chi connectivity index (χ0n) is 17.8.